The fourth-order valence-corrected chi connectivity index (χ4v) is 3.96. The number of likely N-dealkylation sites (tertiary alicyclic amines) is 1. The van der Waals surface area contributed by atoms with Crippen LogP contribution in [0.1, 0.15) is 31.2 Å². The molecule has 1 N–H and O–H groups in total. The predicted molar refractivity (Wildman–Crippen MR) is 106 cm³/mol. The molecule has 26 heavy (non-hydrogen) atoms. The number of guanidine groups is 1. The molecule has 2 fully saturated rings. The van der Waals surface area contributed by atoms with E-state index in [4.69, 9.17) is 4.74 Å². The molecule has 0 amide bonds. The van der Waals surface area contributed by atoms with Crippen molar-refractivity contribution < 1.29 is 4.74 Å². The van der Waals surface area contributed by atoms with Gasteiger partial charge in [0, 0.05) is 51.4 Å². The first-order valence-corrected chi connectivity index (χ1v) is 9.92. The van der Waals surface area contributed by atoms with Gasteiger partial charge in [0.25, 0.3) is 0 Å². The van der Waals surface area contributed by atoms with Crippen molar-refractivity contribution in [3.8, 4) is 5.75 Å². The Kier molecular flexibility index (Phi) is 5.44. The van der Waals surface area contributed by atoms with Gasteiger partial charge < -0.3 is 15.0 Å². The van der Waals surface area contributed by atoms with Crippen molar-refractivity contribution in [2.24, 2.45) is 4.99 Å². The Hall–Kier alpha value is -2.01. The Morgan fingerprint density at radius 1 is 1.19 bits per heavy atom. The summed E-state index contributed by atoms with van der Waals surface area (Å²) in [6, 6.07) is 9.01. The van der Waals surface area contributed by atoms with Crippen molar-refractivity contribution in [3.05, 3.63) is 42.0 Å². The maximum absolute atomic E-state index is 6.15. The molecule has 3 aliphatic rings. The summed E-state index contributed by atoms with van der Waals surface area (Å²) in [4.78, 5) is 9.46. The fraction of sp³-hybridized carbons (Fsp3) is 0.571. The molecule has 0 aromatic heterocycles. The van der Waals surface area contributed by atoms with Crippen LogP contribution in [0.5, 0.6) is 5.75 Å². The molecule has 0 spiro atoms. The molecule has 1 saturated heterocycles. The summed E-state index contributed by atoms with van der Waals surface area (Å²) in [6.07, 6.45) is 9.82. The van der Waals surface area contributed by atoms with E-state index >= 15 is 0 Å². The van der Waals surface area contributed by atoms with E-state index in [0.29, 0.717) is 12.1 Å². The lowest BCUT2D eigenvalue weighted by Gasteiger charge is -2.28. The molecular weight excluding hydrogens is 324 g/mol. The Morgan fingerprint density at radius 3 is 2.73 bits per heavy atom. The van der Waals surface area contributed by atoms with Crippen molar-refractivity contribution in [1.29, 1.82) is 0 Å². The van der Waals surface area contributed by atoms with Crippen molar-refractivity contribution in [3.63, 3.8) is 0 Å². The van der Waals surface area contributed by atoms with E-state index in [1.165, 1.54) is 31.2 Å². The van der Waals surface area contributed by atoms with Crippen LogP contribution in [-0.4, -0.2) is 61.1 Å². The second kappa shape index (κ2) is 8.12. The largest absolute Gasteiger partial charge is 0.490 e. The number of aliphatic imine (C=N–C) groups is 1. The maximum Gasteiger partial charge on any atom is 0.193 e. The number of para-hydroxylation sites is 1. The summed E-state index contributed by atoms with van der Waals surface area (Å²) in [7, 11) is 1.88. The molecule has 1 aromatic carbocycles. The third-order valence-electron chi connectivity index (χ3n) is 5.79. The minimum absolute atomic E-state index is 0.406. The Balaban J connectivity index is 1.33. The number of nitrogens with zero attached hydrogens (tertiary/aromatic N) is 3. The van der Waals surface area contributed by atoms with Crippen LogP contribution in [0.15, 0.2) is 41.4 Å². The van der Waals surface area contributed by atoms with Crippen LogP contribution in [0.3, 0.4) is 0 Å². The summed E-state index contributed by atoms with van der Waals surface area (Å²) < 4.78 is 6.15. The van der Waals surface area contributed by atoms with Gasteiger partial charge in [0.1, 0.15) is 5.75 Å². The monoisotopic (exact) mass is 354 g/mol. The summed E-state index contributed by atoms with van der Waals surface area (Å²) in [6.45, 7) is 5.07. The molecule has 140 valence electrons. The minimum Gasteiger partial charge on any atom is -0.490 e. The standard InChI is InChI=1S/C21H30N4O/c1-22-21(25-14-11-18(16-25)24-12-4-5-13-24)23-15-17-7-2-3-10-20(17)26-19-8-6-9-19/h2-5,7,10,18-19H,6,8-9,11-16H2,1H3,(H,22,23). The van der Waals surface area contributed by atoms with E-state index in [0.717, 1.165) is 44.4 Å². The Labute approximate surface area is 156 Å². The van der Waals surface area contributed by atoms with Gasteiger partial charge in [0.2, 0.25) is 0 Å². The highest BCUT2D eigenvalue weighted by Crippen LogP contribution is 2.27. The van der Waals surface area contributed by atoms with Crippen molar-refractivity contribution in [2.75, 3.05) is 33.2 Å². The van der Waals surface area contributed by atoms with Crippen LogP contribution in [0.4, 0.5) is 0 Å². The molecule has 1 atom stereocenters. The number of benzene rings is 1. The van der Waals surface area contributed by atoms with Gasteiger partial charge in [-0.15, -0.1) is 0 Å². The molecule has 4 rings (SSSR count). The van der Waals surface area contributed by atoms with Gasteiger partial charge in [-0.3, -0.25) is 9.89 Å². The first-order chi connectivity index (χ1) is 12.8. The van der Waals surface area contributed by atoms with Gasteiger partial charge in [-0.2, -0.15) is 0 Å². The highest BCUT2D eigenvalue weighted by atomic mass is 16.5. The van der Waals surface area contributed by atoms with Gasteiger partial charge >= 0.3 is 0 Å². The van der Waals surface area contributed by atoms with E-state index in [-0.39, 0.29) is 0 Å². The number of ether oxygens (including phenoxy) is 1. The lowest BCUT2D eigenvalue weighted by atomic mass is 9.96. The first-order valence-electron chi connectivity index (χ1n) is 9.92. The Morgan fingerprint density at radius 2 is 2.00 bits per heavy atom. The van der Waals surface area contributed by atoms with E-state index in [1.807, 2.05) is 7.05 Å². The lowest BCUT2D eigenvalue weighted by Crippen LogP contribution is -2.42. The molecule has 2 heterocycles. The van der Waals surface area contributed by atoms with E-state index in [1.54, 1.807) is 0 Å². The van der Waals surface area contributed by atoms with Crippen LogP contribution >= 0.6 is 0 Å². The topological polar surface area (TPSA) is 40.1 Å². The van der Waals surface area contributed by atoms with E-state index < -0.39 is 0 Å². The first kappa shape index (κ1) is 17.4. The zero-order chi connectivity index (χ0) is 17.8. The quantitative estimate of drug-likeness (QED) is 0.501. The van der Waals surface area contributed by atoms with Crippen molar-refractivity contribution in [1.82, 2.24) is 15.1 Å². The predicted octanol–water partition coefficient (Wildman–Crippen LogP) is 2.64. The van der Waals surface area contributed by atoms with Crippen molar-refractivity contribution >= 4 is 5.96 Å². The van der Waals surface area contributed by atoms with Gasteiger partial charge in [-0.1, -0.05) is 30.4 Å². The smallest absolute Gasteiger partial charge is 0.193 e. The summed E-state index contributed by atoms with van der Waals surface area (Å²) in [5.74, 6) is 2.01. The van der Waals surface area contributed by atoms with Crippen LogP contribution in [-0.2, 0) is 6.54 Å². The SMILES string of the molecule is CN=C(NCc1ccccc1OC1CCC1)N1CCC(N2CC=CC2)C1. The van der Waals surface area contributed by atoms with Crippen LogP contribution in [0.25, 0.3) is 0 Å². The highest BCUT2D eigenvalue weighted by Gasteiger charge is 2.29. The number of hydrogen-bond acceptors (Lipinski definition) is 3. The molecule has 0 bridgehead atoms. The van der Waals surface area contributed by atoms with Crippen molar-refractivity contribution in [2.45, 2.75) is 44.4 Å². The van der Waals surface area contributed by atoms with E-state index in [2.05, 4.69) is 56.5 Å². The molecule has 5 heteroatoms. The van der Waals surface area contributed by atoms with Crippen LogP contribution < -0.4 is 10.1 Å². The second-order valence-electron chi connectivity index (χ2n) is 7.49. The molecule has 1 unspecified atom stereocenters. The average Bonchev–Trinajstić information content (AvgIpc) is 3.31. The molecule has 1 aliphatic carbocycles. The van der Waals surface area contributed by atoms with Gasteiger partial charge in [-0.25, -0.2) is 0 Å². The second-order valence-corrected chi connectivity index (χ2v) is 7.49. The summed E-state index contributed by atoms with van der Waals surface area (Å²) in [5.41, 5.74) is 1.21. The maximum atomic E-state index is 6.15. The molecule has 2 aliphatic heterocycles. The van der Waals surface area contributed by atoms with Crippen LogP contribution in [0, 0.1) is 0 Å². The van der Waals surface area contributed by atoms with Gasteiger partial charge in [0.05, 0.1) is 6.10 Å². The molecule has 1 saturated carbocycles. The minimum atomic E-state index is 0.406. The zero-order valence-corrected chi connectivity index (χ0v) is 15.7. The fourth-order valence-electron chi connectivity index (χ4n) is 3.96. The summed E-state index contributed by atoms with van der Waals surface area (Å²) >= 11 is 0. The third-order valence-corrected chi connectivity index (χ3v) is 5.79. The number of rotatable bonds is 5. The zero-order valence-electron chi connectivity index (χ0n) is 15.7. The number of nitrogens with one attached hydrogen (secondary N) is 1. The normalized spacial score (nSPS) is 24.1. The third kappa shape index (κ3) is 3.88. The van der Waals surface area contributed by atoms with Gasteiger partial charge in [-0.05, 0) is 31.7 Å². The Bertz CT molecular complexity index is 660. The average molecular weight is 354 g/mol. The molecular formula is C21H30N4O. The molecule has 1 aromatic rings. The van der Waals surface area contributed by atoms with E-state index in [9.17, 15) is 0 Å². The van der Waals surface area contributed by atoms with Gasteiger partial charge in [0.15, 0.2) is 5.96 Å². The molecule has 5 nitrogen and oxygen atoms in total. The molecule has 0 radical (unpaired) electrons. The van der Waals surface area contributed by atoms with Crippen LogP contribution in [0.2, 0.25) is 0 Å². The number of hydrogen-bond donors (Lipinski definition) is 1. The lowest BCUT2D eigenvalue weighted by molar-refractivity contribution is 0.119. The highest BCUT2D eigenvalue weighted by molar-refractivity contribution is 5.80. The summed E-state index contributed by atoms with van der Waals surface area (Å²) in [5, 5.41) is 3.55.